The largest absolute Gasteiger partial charge is 0.326 e. The summed E-state index contributed by atoms with van der Waals surface area (Å²) in [6.45, 7) is 0.153. The molecule has 5 aromatic rings. The van der Waals surface area contributed by atoms with Gasteiger partial charge in [0.05, 0.1) is 22.1 Å². The maximum atomic E-state index is 12.5. The van der Waals surface area contributed by atoms with E-state index < -0.39 is 0 Å². The number of fused-ring (bicyclic) bond motifs is 2. The monoisotopic (exact) mass is 427 g/mol. The lowest BCUT2D eigenvalue weighted by molar-refractivity contribution is -0.116. The van der Waals surface area contributed by atoms with Crippen molar-refractivity contribution in [1.82, 2.24) is 20.0 Å². The second-order valence-electron chi connectivity index (χ2n) is 7.00. The van der Waals surface area contributed by atoms with Crippen LogP contribution in [0, 0.1) is 0 Å². The van der Waals surface area contributed by atoms with Crippen molar-refractivity contribution >= 4 is 44.1 Å². The van der Waals surface area contributed by atoms with Gasteiger partial charge < -0.3 is 5.32 Å². The molecule has 3 aromatic carbocycles. The number of hydrogen-bond donors (Lipinski definition) is 1. The van der Waals surface area contributed by atoms with Gasteiger partial charge in [0.25, 0.3) is 5.56 Å². The molecule has 0 spiro atoms. The van der Waals surface area contributed by atoms with Crippen molar-refractivity contribution in [1.29, 1.82) is 0 Å². The van der Waals surface area contributed by atoms with Crippen LogP contribution in [-0.2, 0) is 11.3 Å². The summed E-state index contributed by atoms with van der Waals surface area (Å²) in [4.78, 5) is 29.6. The third kappa shape index (κ3) is 3.93. The highest BCUT2D eigenvalue weighted by Crippen LogP contribution is 2.31. The van der Waals surface area contributed by atoms with Crippen LogP contribution in [-0.4, -0.2) is 25.9 Å². The van der Waals surface area contributed by atoms with Crippen molar-refractivity contribution in [2.45, 2.75) is 13.0 Å². The molecule has 0 bridgehead atoms. The van der Waals surface area contributed by atoms with E-state index in [2.05, 4.69) is 20.6 Å². The first-order chi connectivity index (χ1) is 15.2. The van der Waals surface area contributed by atoms with Gasteiger partial charge in [-0.15, -0.1) is 16.4 Å². The van der Waals surface area contributed by atoms with Crippen LogP contribution >= 0.6 is 11.3 Å². The second-order valence-corrected chi connectivity index (χ2v) is 8.03. The molecule has 0 unspecified atom stereocenters. The molecule has 1 amide bonds. The number of carbonyl (C=O) groups excluding carboxylic acids is 1. The molecular formula is C23H17N5O2S. The summed E-state index contributed by atoms with van der Waals surface area (Å²) >= 11 is 1.61. The fourth-order valence-corrected chi connectivity index (χ4v) is 4.29. The van der Waals surface area contributed by atoms with E-state index in [9.17, 15) is 9.59 Å². The summed E-state index contributed by atoms with van der Waals surface area (Å²) < 4.78 is 2.34. The highest BCUT2D eigenvalue weighted by Gasteiger charge is 2.10. The molecule has 2 heterocycles. The number of aryl methyl sites for hydroxylation is 1. The van der Waals surface area contributed by atoms with Crippen LogP contribution < -0.4 is 10.9 Å². The van der Waals surface area contributed by atoms with Crippen molar-refractivity contribution in [3.05, 3.63) is 83.2 Å². The van der Waals surface area contributed by atoms with E-state index in [1.807, 2.05) is 48.5 Å². The minimum atomic E-state index is -0.253. The van der Waals surface area contributed by atoms with Crippen LogP contribution in [0.1, 0.15) is 6.42 Å². The molecule has 0 saturated heterocycles. The number of amides is 1. The van der Waals surface area contributed by atoms with Crippen molar-refractivity contribution in [2.75, 3.05) is 5.32 Å². The Bertz CT molecular complexity index is 1440. The molecule has 0 aliphatic rings. The molecule has 31 heavy (non-hydrogen) atoms. The Balaban J connectivity index is 1.29. The van der Waals surface area contributed by atoms with Crippen LogP contribution in [0.5, 0.6) is 0 Å². The van der Waals surface area contributed by atoms with E-state index >= 15 is 0 Å². The van der Waals surface area contributed by atoms with Crippen LogP contribution in [0.4, 0.5) is 5.69 Å². The Labute approximate surface area is 181 Å². The Morgan fingerprint density at radius 2 is 1.77 bits per heavy atom. The summed E-state index contributed by atoms with van der Waals surface area (Å²) in [5.74, 6) is -0.205. The topological polar surface area (TPSA) is 89.8 Å². The third-order valence-corrected chi connectivity index (χ3v) is 5.95. The number of para-hydroxylation sites is 1. The first-order valence-corrected chi connectivity index (χ1v) is 10.6. The Morgan fingerprint density at radius 3 is 2.65 bits per heavy atom. The Hall–Kier alpha value is -3.91. The lowest BCUT2D eigenvalue weighted by atomic mass is 10.2. The number of nitrogens with zero attached hydrogens (tertiary/aromatic N) is 4. The molecule has 8 heteroatoms. The first-order valence-electron chi connectivity index (χ1n) is 9.76. The van der Waals surface area contributed by atoms with Gasteiger partial charge in [0.1, 0.15) is 10.5 Å². The standard InChI is InChI=1S/C23H17N5O2S/c29-21(12-13-28-23(30)17-8-1-2-9-18(17)26-27-28)24-16-7-5-6-15(14-16)22-25-19-10-3-4-11-20(19)31-22/h1-11,14H,12-13H2,(H,24,29). The average Bonchev–Trinajstić information content (AvgIpc) is 3.23. The SMILES string of the molecule is O=C(CCn1nnc2ccccc2c1=O)Nc1cccc(-c2nc3ccccc3s2)c1. The molecule has 0 radical (unpaired) electrons. The minimum Gasteiger partial charge on any atom is -0.326 e. The second kappa shape index (κ2) is 8.08. The molecule has 7 nitrogen and oxygen atoms in total. The number of aromatic nitrogens is 4. The van der Waals surface area contributed by atoms with Crippen LogP contribution in [0.2, 0.25) is 0 Å². The smallest absolute Gasteiger partial charge is 0.277 e. The quantitative estimate of drug-likeness (QED) is 0.456. The zero-order chi connectivity index (χ0) is 21.2. The summed E-state index contributed by atoms with van der Waals surface area (Å²) in [6, 6.07) is 22.6. The zero-order valence-electron chi connectivity index (χ0n) is 16.4. The number of nitrogens with one attached hydrogen (secondary N) is 1. The van der Waals surface area contributed by atoms with Crippen LogP contribution in [0.15, 0.2) is 77.6 Å². The van der Waals surface area contributed by atoms with Gasteiger partial charge in [-0.05, 0) is 36.4 Å². The molecule has 152 valence electrons. The molecular weight excluding hydrogens is 410 g/mol. The van der Waals surface area contributed by atoms with Crippen molar-refractivity contribution < 1.29 is 4.79 Å². The maximum absolute atomic E-state index is 12.5. The van der Waals surface area contributed by atoms with Crippen LogP contribution in [0.25, 0.3) is 31.7 Å². The molecule has 0 aliphatic heterocycles. The van der Waals surface area contributed by atoms with Gasteiger partial charge in [-0.3, -0.25) is 9.59 Å². The van der Waals surface area contributed by atoms with E-state index in [-0.39, 0.29) is 24.4 Å². The number of anilines is 1. The average molecular weight is 427 g/mol. The predicted octanol–water partition coefficient (Wildman–Crippen LogP) is 4.10. The van der Waals surface area contributed by atoms with Crippen molar-refractivity contribution in [3.8, 4) is 10.6 Å². The summed E-state index contributed by atoms with van der Waals surface area (Å²) in [7, 11) is 0. The molecule has 0 atom stereocenters. The lowest BCUT2D eigenvalue weighted by Gasteiger charge is -2.07. The Kier molecular flexibility index (Phi) is 4.97. The number of benzene rings is 3. The molecule has 5 rings (SSSR count). The predicted molar refractivity (Wildman–Crippen MR) is 122 cm³/mol. The van der Waals surface area contributed by atoms with Gasteiger partial charge in [-0.25, -0.2) is 9.67 Å². The highest BCUT2D eigenvalue weighted by molar-refractivity contribution is 7.21. The fourth-order valence-electron chi connectivity index (χ4n) is 3.33. The molecule has 0 saturated carbocycles. The number of rotatable bonds is 5. The number of hydrogen-bond acceptors (Lipinski definition) is 6. The minimum absolute atomic E-state index is 0.109. The molecule has 0 aliphatic carbocycles. The molecule has 1 N–H and O–H groups in total. The number of carbonyl (C=O) groups is 1. The normalized spacial score (nSPS) is 11.1. The van der Waals surface area contributed by atoms with Gasteiger partial charge in [-0.2, -0.15) is 0 Å². The first kappa shape index (κ1) is 19.1. The maximum Gasteiger partial charge on any atom is 0.277 e. The summed E-state index contributed by atoms with van der Waals surface area (Å²) in [6.07, 6.45) is 0.109. The summed E-state index contributed by atoms with van der Waals surface area (Å²) in [5.41, 5.74) is 2.87. The van der Waals surface area contributed by atoms with Gasteiger partial charge in [0.15, 0.2) is 0 Å². The lowest BCUT2D eigenvalue weighted by Crippen LogP contribution is -2.26. The zero-order valence-corrected chi connectivity index (χ0v) is 17.2. The fraction of sp³-hybridized carbons (Fsp3) is 0.0870. The van der Waals surface area contributed by atoms with Gasteiger partial charge >= 0.3 is 0 Å². The van der Waals surface area contributed by atoms with E-state index in [1.54, 1.807) is 35.6 Å². The van der Waals surface area contributed by atoms with Gasteiger partial charge in [0, 0.05) is 17.7 Å². The van der Waals surface area contributed by atoms with Crippen LogP contribution in [0.3, 0.4) is 0 Å². The van der Waals surface area contributed by atoms with Crippen molar-refractivity contribution in [2.24, 2.45) is 0 Å². The van der Waals surface area contributed by atoms with E-state index in [0.29, 0.717) is 16.6 Å². The Morgan fingerprint density at radius 1 is 0.968 bits per heavy atom. The van der Waals surface area contributed by atoms with E-state index in [0.717, 1.165) is 20.8 Å². The van der Waals surface area contributed by atoms with E-state index in [1.165, 1.54) is 4.68 Å². The van der Waals surface area contributed by atoms with Crippen molar-refractivity contribution in [3.63, 3.8) is 0 Å². The third-order valence-electron chi connectivity index (χ3n) is 4.87. The number of thiazole rings is 1. The van der Waals surface area contributed by atoms with Gasteiger partial charge in [-0.1, -0.05) is 41.6 Å². The molecule has 2 aromatic heterocycles. The van der Waals surface area contributed by atoms with Gasteiger partial charge in [0.2, 0.25) is 5.91 Å². The van der Waals surface area contributed by atoms with E-state index in [4.69, 9.17) is 0 Å². The molecule has 0 fully saturated rings. The summed E-state index contributed by atoms with van der Waals surface area (Å²) in [5, 5.41) is 12.2. The highest BCUT2D eigenvalue weighted by atomic mass is 32.1.